The average molecular weight is 246 g/mol. The van der Waals surface area contributed by atoms with Crippen LogP contribution in [0.4, 0.5) is 0 Å². The number of hydrogen-bond donors (Lipinski definition) is 2. The van der Waals surface area contributed by atoms with Crippen molar-refractivity contribution >= 4 is 12.4 Å². The fraction of sp³-hybridized carbons (Fsp3) is 0.500. The van der Waals surface area contributed by atoms with Crippen LogP contribution in [0.3, 0.4) is 0 Å². The van der Waals surface area contributed by atoms with E-state index in [0.717, 1.165) is 5.56 Å². The molecule has 4 heteroatoms. The molecule has 0 bridgehead atoms. The average Bonchev–Trinajstić information content (AvgIpc) is 2.15. The van der Waals surface area contributed by atoms with Gasteiger partial charge in [0.15, 0.2) is 0 Å². The first-order valence-corrected chi connectivity index (χ1v) is 5.01. The first-order chi connectivity index (χ1) is 6.91. The Labute approximate surface area is 103 Å². The molecule has 0 saturated heterocycles. The lowest BCUT2D eigenvalue weighted by molar-refractivity contribution is 0.384. The van der Waals surface area contributed by atoms with Crippen molar-refractivity contribution in [2.75, 3.05) is 7.11 Å². The number of phenolic OH excluding ortho intramolecular Hbond substituents is 1. The van der Waals surface area contributed by atoms with Crippen LogP contribution in [0.5, 0.6) is 11.5 Å². The summed E-state index contributed by atoms with van der Waals surface area (Å²) in [5, 5.41) is 9.65. The molecule has 0 heterocycles. The fourth-order valence-electron chi connectivity index (χ4n) is 1.64. The maximum atomic E-state index is 9.65. The van der Waals surface area contributed by atoms with Gasteiger partial charge in [0, 0.05) is 17.7 Å². The molecule has 0 radical (unpaired) electrons. The van der Waals surface area contributed by atoms with Gasteiger partial charge in [-0.25, -0.2) is 0 Å². The van der Waals surface area contributed by atoms with Gasteiger partial charge in [0.1, 0.15) is 11.5 Å². The summed E-state index contributed by atoms with van der Waals surface area (Å²) in [6.07, 6.45) is 0. The standard InChI is InChI=1S/C12H19NO2.ClH/c1-12(2,3)9-5-6-10(14)8(7-13)11(9)15-4;/h5-6,14H,7,13H2,1-4H3;1H. The Morgan fingerprint density at radius 1 is 1.31 bits per heavy atom. The van der Waals surface area contributed by atoms with Crippen molar-refractivity contribution < 1.29 is 9.84 Å². The molecule has 16 heavy (non-hydrogen) atoms. The maximum Gasteiger partial charge on any atom is 0.130 e. The molecule has 0 aliphatic carbocycles. The van der Waals surface area contributed by atoms with Crippen LogP contribution in [0, 0.1) is 0 Å². The van der Waals surface area contributed by atoms with Gasteiger partial charge in [-0.05, 0) is 11.5 Å². The molecule has 3 nitrogen and oxygen atoms in total. The number of nitrogens with two attached hydrogens (primary N) is 1. The van der Waals surface area contributed by atoms with Gasteiger partial charge >= 0.3 is 0 Å². The van der Waals surface area contributed by atoms with E-state index in [9.17, 15) is 5.11 Å². The molecule has 0 aromatic heterocycles. The highest BCUT2D eigenvalue weighted by molar-refractivity contribution is 5.85. The van der Waals surface area contributed by atoms with Gasteiger partial charge < -0.3 is 15.6 Å². The molecule has 0 atom stereocenters. The predicted molar refractivity (Wildman–Crippen MR) is 68.5 cm³/mol. The lowest BCUT2D eigenvalue weighted by Crippen LogP contribution is -2.14. The van der Waals surface area contributed by atoms with Gasteiger partial charge in [-0.3, -0.25) is 0 Å². The molecular formula is C12H20ClNO2. The largest absolute Gasteiger partial charge is 0.507 e. The third-order valence-electron chi connectivity index (χ3n) is 2.45. The minimum atomic E-state index is -0.0248. The minimum Gasteiger partial charge on any atom is -0.507 e. The number of aromatic hydroxyl groups is 1. The van der Waals surface area contributed by atoms with E-state index in [0.29, 0.717) is 11.3 Å². The second-order valence-corrected chi connectivity index (χ2v) is 4.60. The lowest BCUT2D eigenvalue weighted by Gasteiger charge is -2.24. The van der Waals surface area contributed by atoms with E-state index >= 15 is 0 Å². The molecule has 0 aliphatic heterocycles. The van der Waals surface area contributed by atoms with E-state index in [1.54, 1.807) is 13.2 Å². The molecule has 0 unspecified atom stereocenters. The predicted octanol–water partition coefficient (Wildman–Crippen LogP) is 2.58. The number of methoxy groups -OCH3 is 1. The molecule has 0 amide bonds. The smallest absolute Gasteiger partial charge is 0.130 e. The summed E-state index contributed by atoms with van der Waals surface area (Å²) in [7, 11) is 1.60. The summed E-state index contributed by atoms with van der Waals surface area (Å²) in [5.41, 5.74) is 7.30. The molecule has 0 aliphatic rings. The van der Waals surface area contributed by atoms with E-state index in [-0.39, 0.29) is 30.1 Å². The zero-order chi connectivity index (χ0) is 11.6. The minimum absolute atomic E-state index is 0. The number of halogens is 1. The third kappa shape index (κ3) is 2.80. The Balaban J connectivity index is 0.00000225. The van der Waals surface area contributed by atoms with Crippen molar-refractivity contribution in [1.29, 1.82) is 0 Å². The van der Waals surface area contributed by atoms with Gasteiger partial charge in [0.2, 0.25) is 0 Å². The summed E-state index contributed by atoms with van der Waals surface area (Å²) in [6.45, 7) is 6.57. The molecular weight excluding hydrogens is 226 g/mol. The Hall–Kier alpha value is -0.930. The fourth-order valence-corrected chi connectivity index (χ4v) is 1.64. The Kier molecular flexibility index (Phi) is 5.10. The van der Waals surface area contributed by atoms with Crippen molar-refractivity contribution in [1.82, 2.24) is 0 Å². The monoisotopic (exact) mass is 245 g/mol. The first kappa shape index (κ1) is 15.1. The third-order valence-corrected chi connectivity index (χ3v) is 2.45. The first-order valence-electron chi connectivity index (χ1n) is 5.01. The summed E-state index contributed by atoms with van der Waals surface area (Å²) in [6, 6.07) is 3.55. The van der Waals surface area contributed by atoms with E-state index < -0.39 is 0 Å². The van der Waals surface area contributed by atoms with Crippen LogP contribution in [0.25, 0.3) is 0 Å². The number of ether oxygens (including phenoxy) is 1. The molecule has 0 fully saturated rings. The maximum absolute atomic E-state index is 9.65. The number of phenols is 1. The van der Waals surface area contributed by atoms with E-state index in [1.807, 2.05) is 6.07 Å². The van der Waals surface area contributed by atoms with E-state index in [4.69, 9.17) is 10.5 Å². The van der Waals surface area contributed by atoms with Crippen LogP contribution in [0.2, 0.25) is 0 Å². The van der Waals surface area contributed by atoms with Crippen molar-refractivity contribution in [2.24, 2.45) is 5.73 Å². The summed E-state index contributed by atoms with van der Waals surface area (Å²) in [4.78, 5) is 0. The van der Waals surface area contributed by atoms with Crippen molar-refractivity contribution in [3.05, 3.63) is 23.3 Å². The molecule has 0 spiro atoms. The Morgan fingerprint density at radius 2 is 1.88 bits per heavy atom. The second kappa shape index (κ2) is 5.41. The Bertz CT molecular complexity index is 359. The highest BCUT2D eigenvalue weighted by atomic mass is 35.5. The normalized spacial score (nSPS) is 10.8. The van der Waals surface area contributed by atoms with Crippen molar-refractivity contribution in [3.63, 3.8) is 0 Å². The SMILES string of the molecule is COc1c(C(C)(C)C)ccc(O)c1CN.Cl. The van der Waals surface area contributed by atoms with Gasteiger partial charge in [-0.1, -0.05) is 26.8 Å². The molecule has 92 valence electrons. The second-order valence-electron chi connectivity index (χ2n) is 4.60. The number of hydrogen-bond acceptors (Lipinski definition) is 3. The molecule has 1 aromatic carbocycles. The highest BCUT2D eigenvalue weighted by Crippen LogP contribution is 2.37. The summed E-state index contributed by atoms with van der Waals surface area (Å²) >= 11 is 0. The van der Waals surface area contributed by atoms with E-state index in [1.165, 1.54) is 0 Å². The highest BCUT2D eigenvalue weighted by Gasteiger charge is 2.22. The topological polar surface area (TPSA) is 55.5 Å². The number of rotatable bonds is 2. The summed E-state index contributed by atoms with van der Waals surface area (Å²) < 4.78 is 5.33. The molecule has 0 saturated carbocycles. The van der Waals surface area contributed by atoms with Crippen LogP contribution in [0.1, 0.15) is 31.9 Å². The van der Waals surface area contributed by atoms with E-state index in [2.05, 4.69) is 20.8 Å². The number of benzene rings is 1. The molecule has 1 aromatic rings. The zero-order valence-corrected chi connectivity index (χ0v) is 11.0. The van der Waals surface area contributed by atoms with Gasteiger partial charge in [-0.2, -0.15) is 0 Å². The van der Waals surface area contributed by atoms with Crippen LogP contribution in [-0.2, 0) is 12.0 Å². The van der Waals surface area contributed by atoms with Crippen LogP contribution >= 0.6 is 12.4 Å². The van der Waals surface area contributed by atoms with Gasteiger partial charge in [-0.15, -0.1) is 12.4 Å². The van der Waals surface area contributed by atoms with Gasteiger partial charge in [0.05, 0.1) is 7.11 Å². The lowest BCUT2D eigenvalue weighted by atomic mass is 9.85. The van der Waals surface area contributed by atoms with Crippen LogP contribution < -0.4 is 10.5 Å². The van der Waals surface area contributed by atoms with Crippen molar-refractivity contribution in [3.8, 4) is 11.5 Å². The molecule has 1 rings (SSSR count). The summed E-state index contributed by atoms with van der Waals surface area (Å²) in [5.74, 6) is 0.896. The Morgan fingerprint density at radius 3 is 2.25 bits per heavy atom. The van der Waals surface area contributed by atoms with Crippen LogP contribution in [-0.4, -0.2) is 12.2 Å². The molecule has 3 N–H and O–H groups in total. The van der Waals surface area contributed by atoms with Gasteiger partial charge in [0.25, 0.3) is 0 Å². The van der Waals surface area contributed by atoms with Crippen LogP contribution in [0.15, 0.2) is 12.1 Å². The quantitative estimate of drug-likeness (QED) is 0.842. The zero-order valence-electron chi connectivity index (χ0n) is 10.2. The van der Waals surface area contributed by atoms with Crippen molar-refractivity contribution in [2.45, 2.75) is 32.7 Å².